The zero-order valence-electron chi connectivity index (χ0n) is 9.74. The molecule has 1 aliphatic rings. The molecule has 1 heterocycles. The first-order chi connectivity index (χ1) is 8.40. The normalized spacial score (nSPS) is 27.3. The maximum atomic E-state index is 12.3. The molecule has 3 N–H and O–H groups in total. The monoisotopic (exact) mass is 284 g/mol. The molecule has 0 aromatic heterocycles. The van der Waals surface area contributed by atoms with Crippen molar-refractivity contribution in [3.8, 4) is 0 Å². The SMILES string of the molecule is CC1(O)NC(=S)NCC1C(=O)c1ccc(Cl)cc1. The van der Waals surface area contributed by atoms with Gasteiger partial charge in [-0.1, -0.05) is 11.6 Å². The van der Waals surface area contributed by atoms with Crippen molar-refractivity contribution in [1.82, 2.24) is 10.6 Å². The first-order valence-corrected chi connectivity index (χ1v) is 6.27. The molecule has 0 bridgehead atoms. The summed E-state index contributed by atoms with van der Waals surface area (Å²) in [5.74, 6) is -0.760. The molecule has 0 spiro atoms. The number of nitrogens with one attached hydrogen (secondary N) is 2. The summed E-state index contributed by atoms with van der Waals surface area (Å²) < 4.78 is 0. The second kappa shape index (κ2) is 4.84. The number of carbonyl (C=O) groups is 1. The van der Waals surface area contributed by atoms with Crippen molar-refractivity contribution < 1.29 is 9.90 Å². The number of carbonyl (C=O) groups excluding carboxylic acids is 1. The topological polar surface area (TPSA) is 61.4 Å². The molecule has 0 radical (unpaired) electrons. The minimum atomic E-state index is -1.35. The van der Waals surface area contributed by atoms with Gasteiger partial charge in [0.15, 0.2) is 10.9 Å². The van der Waals surface area contributed by atoms with E-state index in [2.05, 4.69) is 10.6 Å². The van der Waals surface area contributed by atoms with Crippen LogP contribution >= 0.6 is 23.8 Å². The summed E-state index contributed by atoms with van der Waals surface area (Å²) in [6, 6.07) is 6.59. The molecule has 18 heavy (non-hydrogen) atoms. The number of hydrogen-bond donors (Lipinski definition) is 3. The fraction of sp³-hybridized carbons (Fsp3) is 0.333. The molecule has 96 valence electrons. The van der Waals surface area contributed by atoms with Crippen LogP contribution in [-0.2, 0) is 0 Å². The van der Waals surface area contributed by atoms with Crippen LogP contribution < -0.4 is 10.6 Å². The van der Waals surface area contributed by atoms with Gasteiger partial charge in [0.1, 0.15) is 5.72 Å². The minimum absolute atomic E-state index is 0.154. The van der Waals surface area contributed by atoms with E-state index in [1.165, 1.54) is 0 Å². The highest BCUT2D eigenvalue weighted by molar-refractivity contribution is 7.80. The first kappa shape index (κ1) is 13.3. The second-order valence-electron chi connectivity index (χ2n) is 4.41. The Balaban J connectivity index is 2.23. The second-order valence-corrected chi connectivity index (χ2v) is 5.25. The summed E-state index contributed by atoms with van der Waals surface area (Å²) in [4.78, 5) is 12.3. The van der Waals surface area contributed by atoms with E-state index in [0.29, 0.717) is 22.2 Å². The van der Waals surface area contributed by atoms with Gasteiger partial charge < -0.3 is 15.7 Å². The maximum absolute atomic E-state index is 12.3. The summed E-state index contributed by atoms with van der Waals surface area (Å²) in [5, 5.41) is 16.7. The fourth-order valence-corrected chi connectivity index (χ4v) is 2.33. The van der Waals surface area contributed by atoms with E-state index >= 15 is 0 Å². The van der Waals surface area contributed by atoms with Gasteiger partial charge in [0.2, 0.25) is 0 Å². The summed E-state index contributed by atoms with van der Waals surface area (Å²) in [6.07, 6.45) is 0. The van der Waals surface area contributed by atoms with Gasteiger partial charge in [-0.25, -0.2) is 0 Å². The number of ketones is 1. The Bertz CT molecular complexity index is 487. The molecule has 0 amide bonds. The Morgan fingerprint density at radius 1 is 1.50 bits per heavy atom. The molecule has 1 aromatic rings. The predicted octanol–water partition coefficient (Wildman–Crippen LogP) is 1.33. The summed E-state index contributed by atoms with van der Waals surface area (Å²) in [5.41, 5.74) is -0.833. The highest BCUT2D eigenvalue weighted by Gasteiger charge is 2.41. The van der Waals surface area contributed by atoms with Crippen molar-refractivity contribution in [3.05, 3.63) is 34.9 Å². The van der Waals surface area contributed by atoms with Crippen LogP contribution in [0.3, 0.4) is 0 Å². The Kier molecular flexibility index (Phi) is 3.56. The molecule has 4 nitrogen and oxygen atoms in total. The third-order valence-electron chi connectivity index (χ3n) is 2.96. The molecule has 2 atom stereocenters. The summed E-state index contributed by atoms with van der Waals surface area (Å²) >= 11 is 10.7. The molecule has 1 aliphatic heterocycles. The molecular weight excluding hydrogens is 272 g/mol. The lowest BCUT2D eigenvalue weighted by Crippen LogP contribution is -2.64. The zero-order chi connectivity index (χ0) is 13.3. The van der Waals surface area contributed by atoms with Gasteiger partial charge in [-0.2, -0.15) is 0 Å². The van der Waals surface area contributed by atoms with Crippen LogP contribution in [0.1, 0.15) is 17.3 Å². The van der Waals surface area contributed by atoms with E-state index in [1.54, 1.807) is 31.2 Å². The highest BCUT2D eigenvalue weighted by Crippen LogP contribution is 2.22. The van der Waals surface area contributed by atoms with Crippen LogP contribution in [-0.4, -0.2) is 28.3 Å². The number of Topliss-reactive ketones (excluding diaryl/α,β-unsaturated/α-hetero) is 1. The van der Waals surface area contributed by atoms with Gasteiger partial charge in [-0.15, -0.1) is 0 Å². The number of rotatable bonds is 2. The number of halogens is 1. The Labute approximate surface area is 115 Å². The Morgan fingerprint density at radius 3 is 2.67 bits per heavy atom. The molecule has 2 unspecified atom stereocenters. The van der Waals surface area contributed by atoms with E-state index in [0.717, 1.165) is 0 Å². The largest absolute Gasteiger partial charge is 0.370 e. The van der Waals surface area contributed by atoms with Gasteiger partial charge in [-0.3, -0.25) is 4.79 Å². The van der Waals surface area contributed by atoms with E-state index in [9.17, 15) is 9.90 Å². The standard InChI is InChI=1S/C12H13ClN2O2S/c1-12(17)9(6-14-11(18)15-12)10(16)7-2-4-8(13)5-3-7/h2-5,9,17H,6H2,1H3,(H2,14,15,18). The van der Waals surface area contributed by atoms with E-state index in [-0.39, 0.29) is 5.78 Å². The molecule has 2 rings (SSSR count). The zero-order valence-corrected chi connectivity index (χ0v) is 11.3. The fourth-order valence-electron chi connectivity index (χ4n) is 1.92. The summed E-state index contributed by atoms with van der Waals surface area (Å²) in [6.45, 7) is 1.85. The van der Waals surface area contributed by atoms with Gasteiger partial charge in [0, 0.05) is 17.1 Å². The highest BCUT2D eigenvalue weighted by atomic mass is 35.5. The summed E-state index contributed by atoms with van der Waals surface area (Å²) in [7, 11) is 0. The van der Waals surface area contributed by atoms with Crippen molar-refractivity contribution in [2.24, 2.45) is 5.92 Å². The molecule has 6 heteroatoms. The molecule has 0 aliphatic carbocycles. The van der Waals surface area contributed by atoms with Crippen molar-refractivity contribution in [2.75, 3.05) is 6.54 Å². The van der Waals surface area contributed by atoms with Crippen molar-refractivity contribution in [1.29, 1.82) is 0 Å². The van der Waals surface area contributed by atoms with Crippen LogP contribution in [0.4, 0.5) is 0 Å². The average Bonchev–Trinajstić information content (AvgIpc) is 2.28. The number of thiocarbonyl (C=S) groups is 1. The lowest BCUT2D eigenvalue weighted by molar-refractivity contribution is -0.0131. The lowest BCUT2D eigenvalue weighted by Gasteiger charge is -2.38. The molecular formula is C12H13ClN2O2S. The van der Waals surface area contributed by atoms with Gasteiger partial charge in [0.05, 0.1) is 5.92 Å². The van der Waals surface area contributed by atoms with Gasteiger partial charge in [0.25, 0.3) is 0 Å². The van der Waals surface area contributed by atoms with E-state index in [4.69, 9.17) is 23.8 Å². The Morgan fingerprint density at radius 2 is 2.11 bits per heavy atom. The van der Waals surface area contributed by atoms with Crippen LogP contribution in [0.5, 0.6) is 0 Å². The Hall–Kier alpha value is -1.17. The third kappa shape index (κ3) is 2.63. The van der Waals surface area contributed by atoms with Crippen LogP contribution in [0.25, 0.3) is 0 Å². The van der Waals surface area contributed by atoms with Crippen molar-refractivity contribution in [3.63, 3.8) is 0 Å². The average molecular weight is 285 g/mol. The third-order valence-corrected chi connectivity index (χ3v) is 3.46. The van der Waals surface area contributed by atoms with Crippen LogP contribution in [0.2, 0.25) is 5.02 Å². The van der Waals surface area contributed by atoms with Gasteiger partial charge in [-0.05, 0) is 43.4 Å². The van der Waals surface area contributed by atoms with E-state index in [1.807, 2.05) is 0 Å². The molecule has 1 saturated heterocycles. The maximum Gasteiger partial charge on any atom is 0.172 e. The molecule has 1 fully saturated rings. The molecule has 1 aromatic carbocycles. The van der Waals surface area contributed by atoms with Crippen LogP contribution in [0, 0.1) is 5.92 Å². The predicted molar refractivity (Wildman–Crippen MR) is 73.6 cm³/mol. The van der Waals surface area contributed by atoms with Gasteiger partial charge >= 0.3 is 0 Å². The lowest BCUT2D eigenvalue weighted by atomic mass is 9.87. The number of benzene rings is 1. The quantitative estimate of drug-likeness (QED) is 0.565. The van der Waals surface area contributed by atoms with E-state index < -0.39 is 11.6 Å². The van der Waals surface area contributed by atoms with Crippen molar-refractivity contribution in [2.45, 2.75) is 12.6 Å². The molecule has 0 saturated carbocycles. The smallest absolute Gasteiger partial charge is 0.172 e. The number of aliphatic hydroxyl groups is 1. The first-order valence-electron chi connectivity index (χ1n) is 5.48. The minimum Gasteiger partial charge on any atom is -0.370 e. The van der Waals surface area contributed by atoms with Crippen LogP contribution in [0.15, 0.2) is 24.3 Å². The number of hydrogen-bond acceptors (Lipinski definition) is 3. The van der Waals surface area contributed by atoms with Crippen molar-refractivity contribution >= 4 is 34.7 Å².